The van der Waals surface area contributed by atoms with Gasteiger partial charge in [-0.1, -0.05) is 0 Å². The Labute approximate surface area is 91.6 Å². The number of rotatable bonds is 3. The van der Waals surface area contributed by atoms with Gasteiger partial charge in [-0.25, -0.2) is 19.9 Å². The Morgan fingerprint density at radius 3 is 2.87 bits per heavy atom. The molecule has 0 spiro atoms. The molecule has 0 atom stereocenters. The highest BCUT2D eigenvalue weighted by Gasteiger charge is 1.96. The smallest absolute Gasteiger partial charge is 0.224 e. The number of hydrogen-bond donors (Lipinski definition) is 1. The van der Waals surface area contributed by atoms with Crippen molar-refractivity contribution >= 4 is 17.4 Å². The summed E-state index contributed by atoms with van der Waals surface area (Å²) in [6.45, 7) is 0.579. The highest BCUT2D eigenvalue weighted by molar-refractivity contribution is 6.28. The first-order valence-corrected chi connectivity index (χ1v) is 4.70. The lowest BCUT2D eigenvalue weighted by Gasteiger charge is -2.03. The molecule has 0 saturated heterocycles. The van der Waals surface area contributed by atoms with Gasteiger partial charge in [-0.15, -0.1) is 0 Å². The molecular weight excluding hydrogens is 214 g/mol. The number of aromatic nitrogens is 4. The first-order valence-electron chi connectivity index (χ1n) is 4.32. The van der Waals surface area contributed by atoms with Crippen LogP contribution in [0.2, 0.25) is 5.28 Å². The van der Waals surface area contributed by atoms with E-state index in [9.17, 15) is 0 Å². The van der Waals surface area contributed by atoms with E-state index in [1.54, 1.807) is 18.5 Å². The van der Waals surface area contributed by atoms with Gasteiger partial charge in [-0.3, -0.25) is 0 Å². The lowest BCUT2D eigenvalue weighted by molar-refractivity contribution is 0.991. The van der Waals surface area contributed by atoms with Crippen LogP contribution in [-0.4, -0.2) is 19.9 Å². The third-order valence-electron chi connectivity index (χ3n) is 1.72. The van der Waals surface area contributed by atoms with Gasteiger partial charge in [0.15, 0.2) is 0 Å². The van der Waals surface area contributed by atoms with Crippen molar-refractivity contribution in [1.82, 2.24) is 19.9 Å². The van der Waals surface area contributed by atoms with Crippen molar-refractivity contribution in [3.05, 3.63) is 41.8 Å². The summed E-state index contributed by atoms with van der Waals surface area (Å²) in [7, 11) is 0. The van der Waals surface area contributed by atoms with Crippen molar-refractivity contribution in [3.8, 4) is 0 Å². The molecule has 0 aliphatic heterocycles. The summed E-state index contributed by atoms with van der Waals surface area (Å²) in [6.07, 6.45) is 4.79. The molecule has 0 amide bonds. The average molecular weight is 222 g/mol. The van der Waals surface area contributed by atoms with Crippen LogP contribution in [0.15, 0.2) is 30.9 Å². The van der Waals surface area contributed by atoms with Gasteiger partial charge in [-0.05, 0) is 23.7 Å². The summed E-state index contributed by atoms with van der Waals surface area (Å²) in [5, 5.41) is 3.30. The fourth-order valence-corrected chi connectivity index (χ4v) is 1.18. The number of halogens is 1. The van der Waals surface area contributed by atoms with Gasteiger partial charge in [0.05, 0.1) is 12.2 Å². The van der Waals surface area contributed by atoms with Crippen LogP contribution in [0.4, 0.5) is 5.82 Å². The maximum absolute atomic E-state index is 5.64. The molecular formula is C9H8ClN5. The molecule has 0 radical (unpaired) electrons. The van der Waals surface area contributed by atoms with E-state index >= 15 is 0 Å². The van der Waals surface area contributed by atoms with Crippen molar-refractivity contribution in [1.29, 1.82) is 0 Å². The second-order valence-corrected chi connectivity index (χ2v) is 3.10. The number of anilines is 1. The van der Waals surface area contributed by atoms with Gasteiger partial charge in [0.2, 0.25) is 5.28 Å². The molecule has 15 heavy (non-hydrogen) atoms. The molecule has 0 aromatic carbocycles. The Morgan fingerprint density at radius 2 is 2.13 bits per heavy atom. The van der Waals surface area contributed by atoms with Crippen molar-refractivity contribution in [2.45, 2.75) is 6.54 Å². The van der Waals surface area contributed by atoms with Crippen LogP contribution in [0.25, 0.3) is 0 Å². The first-order chi connectivity index (χ1) is 7.34. The second-order valence-electron chi connectivity index (χ2n) is 2.77. The van der Waals surface area contributed by atoms with Crippen molar-refractivity contribution in [3.63, 3.8) is 0 Å². The van der Waals surface area contributed by atoms with Gasteiger partial charge < -0.3 is 5.32 Å². The van der Waals surface area contributed by atoms with E-state index in [-0.39, 0.29) is 5.28 Å². The van der Waals surface area contributed by atoms with Crippen LogP contribution < -0.4 is 5.32 Å². The summed E-state index contributed by atoms with van der Waals surface area (Å²) in [5.74, 6) is 0.675. The van der Waals surface area contributed by atoms with E-state index in [1.807, 2.05) is 6.07 Å². The average Bonchev–Trinajstić information content (AvgIpc) is 2.28. The van der Waals surface area contributed by atoms with Crippen molar-refractivity contribution < 1.29 is 0 Å². The van der Waals surface area contributed by atoms with E-state index in [1.165, 1.54) is 6.33 Å². The molecule has 76 valence electrons. The minimum atomic E-state index is 0.225. The molecule has 0 unspecified atom stereocenters. The zero-order valence-electron chi connectivity index (χ0n) is 7.76. The van der Waals surface area contributed by atoms with Crippen LogP contribution >= 0.6 is 11.6 Å². The van der Waals surface area contributed by atoms with Crippen molar-refractivity contribution in [2.75, 3.05) is 5.32 Å². The van der Waals surface area contributed by atoms with E-state index in [0.717, 1.165) is 5.69 Å². The summed E-state index contributed by atoms with van der Waals surface area (Å²) in [5.41, 5.74) is 0.889. The second kappa shape index (κ2) is 4.65. The number of nitrogens with one attached hydrogen (secondary N) is 1. The summed E-state index contributed by atoms with van der Waals surface area (Å²) < 4.78 is 0. The molecule has 0 aliphatic carbocycles. The highest BCUT2D eigenvalue weighted by atomic mass is 35.5. The fourth-order valence-electron chi connectivity index (χ4n) is 1.04. The summed E-state index contributed by atoms with van der Waals surface area (Å²) >= 11 is 5.64. The zero-order chi connectivity index (χ0) is 10.5. The van der Waals surface area contributed by atoms with Gasteiger partial charge >= 0.3 is 0 Å². The summed E-state index contributed by atoms with van der Waals surface area (Å²) in [4.78, 5) is 15.7. The summed E-state index contributed by atoms with van der Waals surface area (Å²) in [6, 6.07) is 3.57. The molecule has 5 nitrogen and oxygen atoms in total. The minimum Gasteiger partial charge on any atom is -0.364 e. The molecule has 2 aromatic heterocycles. The van der Waals surface area contributed by atoms with E-state index in [0.29, 0.717) is 12.4 Å². The quantitative estimate of drug-likeness (QED) is 0.797. The van der Waals surface area contributed by atoms with Gasteiger partial charge in [0, 0.05) is 12.4 Å². The predicted octanol–water partition coefficient (Wildman–Crippen LogP) is 1.53. The van der Waals surface area contributed by atoms with Crippen molar-refractivity contribution in [2.24, 2.45) is 0 Å². The molecule has 6 heteroatoms. The van der Waals surface area contributed by atoms with E-state index in [4.69, 9.17) is 11.6 Å². The Kier molecular flexibility index (Phi) is 3.04. The lowest BCUT2D eigenvalue weighted by atomic mass is 10.4. The SMILES string of the molecule is Clc1nccc(NCc2ccncn2)n1. The Hall–Kier alpha value is -1.75. The largest absolute Gasteiger partial charge is 0.364 e. The topological polar surface area (TPSA) is 63.6 Å². The zero-order valence-corrected chi connectivity index (χ0v) is 8.52. The molecule has 1 N–H and O–H groups in total. The third-order valence-corrected chi connectivity index (χ3v) is 1.90. The number of nitrogens with zero attached hydrogens (tertiary/aromatic N) is 4. The van der Waals surface area contributed by atoms with Crippen LogP contribution in [0.1, 0.15) is 5.69 Å². The Balaban J connectivity index is 1.99. The third kappa shape index (κ3) is 2.85. The maximum Gasteiger partial charge on any atom is 0.224 e. The lowest BCUT2D eigenvalue weighted by Crippen LogP contribution is -2.03. The van der Waals surface area contributed by atoms with Crippen LogP contribution in [0, 0.1) is 0 Å². The number of hydrogen-bond acceptors (Lipinski definition) is 5. The maximum atomic E-state index is 5.64. The normalized spacial score (nSPS) is 9.93. The molecule has 0 bridgehead atoms. The van der Waals surface area contributed by atoms with Gasteiger partial charge in [0.25, 0.3) is 0 Å². The monoisotopic (exact) mass is 221 g/mol. The van der Waals surface area contributed by atoms with E-state index in [2.05, 4.69) is 25.3 Å². The van der Waals surface area contributed by atoms with Crippen LogP contribution in [0.5, 0.6) is 0 Å². The molecule has 2 aromatic rings. The molecule has 0 aliphatic rings. The Morgan fingerprint density at radius 1 is 1.20 bits per heavy atom. The first kappa shape index (κ1) is 9.79. The Bertz CT molecular complexity index is 434. The van der Waals surface area contributed by atoms with E-state index < -0.39 is 0 Å². The molecule has 2 heterocycles. The highest BCUT2D eigenvalue weighted by Crippen LogP contribution is 2.06. The predicted molar refractivity (Wildman–Crippen MR) is 56.4 cm³/mol. The van der Waals surface area contributed by atoms with Gasteiger partial charge in [0.1, 0.15) is 12.1 Å². The molecule has 2 rings (SSSR count). The minimum absolute atomic E-state index is 0.225. The molecule has 0 fully saturated rings. The standard InChI is InChI=1S/C9H8ClN5/c10-9-12-4-2-8(15-9)13-5-7-1-3-11-6-14-7/h1-4,6H,5H2,(H,12,13,15). The van der Waals surface area contributed by atoms with Crippen LogP contribution in [0.3, 0.4) is 0 Å². The van der Waals surface area contributed by atoms with Crippen LogP contribution in [-0.2, 0) is 6.54 Å². The van der Waals surface area contributed by atoms with Gasteiger partial charge in [-0.2, -0.15) is 0 Å². The molecule has 0 saturated carbocycles. The fraction of sp³-hybridized carbons (Fsp3) is 0.111.